The minimum atomic E-state index is 0.0517. The predicted octanol–water partition coefficient (Wildman–Crippen LogP) is 1.78. The molecule has 0 fully saturated rings. The fourth-order valence-electron chi connectivity index (χ4n) is 1.19. The summed E-state index contributed by atoms with van der Waals surface area (Å²) in [4.78, 5) is 0. The smallest absolute Gasteiger partial charge is 0.148 e. The van der Waals surface area contributed by atoms with E-state index in [1.165, 1.54) is 0 Å². The van der Waals surface area contributed by atoms with Crippen LogP contribution in [-0.4, -0.2) is 23.3 Å². The molecule has 16 heavy (non-hydrogen) atoms. The number of nitrogens with two attached hydrogens (primary N) is 1. The summed E-state index contributed by atoms with van der Waals surface area (Å²) in [7, 11) is 0. The van der Waals surface area contributed by atoms with Crippen molar-refractivity contribution < 1.29 is 0 Å². The van der Waals surface area contributed by atoms with Crippen LogP contribution in [-0.2, 0) is 5.41 Å². The Hall–Kier alpha value is -1.16. The molecular weight excluding hydrogens is 200 g/mol. The third kappa shape index (κ3) is 3.77. The van der Waals surface area contributed by atoms with Gasteiger partial charge in [0.15, 0.2) is 0 Å². The van der Waals surface area contributed by atoms with Crippen LogP contribution in [0.15, 0.2) is 12.1 Å². The van der Waals surface area contributed by atoms with Gasteiger partial charge in [0.2, 0.25) is 0 Å². The molecule has 4 heteroatoms. The van der Waals surface area contributed by atoms with Crippen molar-refractivity contribution in [2.24, 2.45) is 11.7 Å². The number of nitrogens with zero attached hydrogens (tertiary/aromatic N) is 2. The van der Waals surface area contributed by atoms with E-state index in [2.05, 4.69) is 43.2 Å². The Morgan fingerprint density at radius 2 is 2.00 bits per heavy atom. The average molecular weight is 222 g/mol. The fourth-order valence-corrected chi connectivity index (χ4v) is 1.19. The Labute approximate surface area is 97.6 Å². The Bertz CT molecular complexity index is 313. The summed E-state index contributed by atoms with van der Waals surface area (Å²) in [5.74, 6) is 1.26. The van der Waals surface area contributed by atoms with Gasteiger partial charge < -0.3 is 11.1 Å². The summed E-state index contributed by atoms with van der Waals surface area (Å²) in [6.07, 6.45) is 0. The zero-order chi connectivity index (χ0) is 12.2. The van der Waals surface area contributed by atoms with E-state index < -0.39 is 0 Å². The third-order valence-electron chi connectivity index (χ3n) is 2.47. The SMILES string of the molecule is CC(CN)CNc1ccc(C(C)(C)C)nn1. The zero-order valence-corrected chi connectivity index (χ0v) is 10.6. The van der Waals surface area contributed by atoms with Crippen molar-refractivity contribution in [3.8, 4) is 0 Å². The van der Waals surface area contributed by atoms with Crippen LogP contribution in [0.3, 0.4) is 0 Å². The van der Waals surface area contributed by atoms with Crippen molar-refractivity contribution in [2.45, 2.75) is 33.1 Å². The second-order valence-corrected chi connectivity index (χ2v) is 5.28. The predicted molar refractivity (Wildman–Crippen MR) is 67.4 cm³/mol. The molecule has 1 aromatic heterocycles. The molecule has 0 amide bonds. The lowest BCUT2D eigenvalue weighted by molar-refractivity contribution is 0.558. The lowest BCUT2D eigenvalue weighted by atomic mass is 9.92. The van der Waals surface area contributed by atoms with Gasteiger partial charge in [0.05, 0.1) is 5.69 Å². The quantitative estimate of drug-likeness (QED) is 0.815. The number of aromatic nitrogens is 2. The van der Waals surface area contributed by atoms with Gasteiger partial charge >= 0.3 is 0 Å². The minimum absolute atomic E-state index is 0.0517. The van der Waals surface area contributed by atoms with Crippen molar-refractivity contribution in [2.75, 3.05) is 18.4 Å². The largest absolute Gasteiger partial charge is 0.368 e. The van der Waals surface area contributed by atoms with Gasteiger partial charge in [-0.1, -0.05) is 27.7 Å². The van der Waals surface area contributed by atoms with Crippen molar-refractivity contribution in [3.05, 3.63) is 17.8 Å². The number of rotatable bonds is 4. The number of hydrogen-bond donors (Lipinski definition) is 2. The molecule has 1 atom stereocenters. The second kappa shape index (κ2) is 5.25. The van der Waals surface area contributed by atoms with Crippen molar-refractivity contribution >= 4 is 5.82 Å². The van der Waals surface area contributed by atoms with Gasteiger partial charge in [-0.2, -0.15) is 5.10 Å². The Morgan fingerprint density at radius 1 is 1.31 bits per heavy atom. The van der Waals surface area contributed by atoms with Crippen molar-refractivity contribution in [3.63, 3.8) is 0 Å². The molecule has 0 aliphatic heterocycles. The van der Waals surface area contributed by atoms with Gasteiger partial charge in [-0.05, 0) is 24.6 Å². The molecule has 4 nitrogen and oxygen atoms in total. The molecular formula is C12H22N4. The van der Waals surface area contributed by atoms with Crippen LogP contribution in [0, 0.1) is 5.92 Å². The Morgan fingerprint density at radius 3 is 2.44 bits per heavy atom. The van der Waals surface area contributed by atoms with Gasteiger partial charge in [0, 0.05) is 12.0 Å². The van der Waals surface area contributed by atoms with Crippen molar-refractivity contribution in [1.29, 1.82) is 0 Å². The van der Waals surface area contributed by atoms with Crippen LogP contribution in [0.1, 0.15) is 33.4 Å². The molecule has 0 saturated carbocycles. The van der Waals surface area contributed by atoms with Crippen LogP contribution >= 0.6 is 0 Å². The standard InChI is InChI=1S/C12H22N4/c1-9(7-13)8-14-11-6-5-10(15-16-11)12(2,3)4/h5-6,9H,7-8,13H2,1-4H3,(H,14,16). The summed E-state index contributed by atoms with van der Waals surface area (Å²) in [6, 6.07) is 3.99. The second-order valence-electron chi connectivity index (χ2n) is 5.28. The molecule has 90 valence electrons. The molecule has 0 aliphatic rings. The molecule has 1 rings (SSSR count). The van der Waals surface area contributed by atoms with E-state index >= 15 is 0 Å². The molecule has 1 heterocycles. The maximum Gasteiger partial charge on any atom is 0.148 e. The van der Waals surface area contributed by atoms with Gasteiger partial charge in [-0.15, -0.1) is 5.10 Å². The topological polar surface area (TPSA) is 63.8 Å². The first-order valence-electron chi connectivity index (χ1n) is 5.71. The first-order valence-corrected chi connectivity index (χ1v) is 5.71. The summed E-state index contributed by atoms with van der Waals surface area (Å²) >= 11 is 0. The molecule has 1 aromatic rings. The molecule has 0 spiro atoms. The Kier molecular flexibility index (Phi) is 4.24. The molecule has 1 unspecified atom stereocenters. The maximum absolute atomic E-state index is 5.54. The first kappa shape index (κ1) is 12.9. The molecule has 3 N–H and O–H groups in total. The van der Waals surface area contributed by atoms with Gasteiger partial charge in [0.25, 0.3) is 0 Å². The van der Waals surface area contributed by atoms with E-state index in [4.69, 9.17) is 5.73 Å². The van der Waals surface area contributed by atoms with Crippen LogP contribution in [0.5, 0.6) is 0 Å². The lowest BCUT2D eigenvalue weighted by Gasteiger charge is -2.17. The van der Waals surface area contributed by atoms with E-state index in [0.717, 1.165) is 18.1 Å². The van der Waals surface area contributed by atoms with E-state index in [-0.39, 0.29) is 5.41 Å². The summed E-state index contributed by atoms with van der Waals surface area (Å²) < 4.78 is 0. The van der Waals surface area contributed by atoms with Crippen LogP contribution in [0.25, 0.3) is 0 Å². The molecule has 0 bridgehead atoms. The number of nitrogens with one attached hydrogen (secondary N) is 1. The number of anilines is 1. The zero-order valence-electron chi connectivity index (χ0n) is 10.6. The van der Waals surface area contributed by atoms with E-state index in [9.17, 15) is 0 Å². The summed E-state index contributed by atoms with van der Waals surface area (Å²) in [5, 5.41) is 11.6. The fraction of sp³-hybridized carbons (Fsp3) is 0.667. The van der Waals surface area contributed by atoms with Crippen molar-refractivity contribution in [1.82, 2.24) is 10.2 Å². The number of hydrogen-bond acceptors (Lipinski definition) is 4. The first-order chi connectivity index (χ1) is 7.43. The third-order valence-corrected chi connectivity index (χ3v) is 2.47. The minimum Gasteiger partial charge on any atom is -0.368 e. The highest BCUT2D eigenvalue weighted by Crippen LogP contribution is 2.19. The lowest BCUT2D eigenvalue weighted by Crippen LogP contribution is -2.21. The average Bonchev–Trinajstić information content (AvgIpc) is 2.25. The Balaban J connectivity index is 2.58. The van der Waals surface area contributed by atoms with Crippen LogP contribution < -0.4 is 11.1 Å². The van der Waals surface area contributed by atoms with Gasteiger partial charge in [-0.25, -0.2) is 0 Å². The van der Waals surface area contributed by atoms with Crippen LogP contribution in [0.2, 0.25) is 0 Å². The highest BCUT2D eigenvalue weighted by atomic mass is 15.2. The van der Waals surface area contributed by atoms with Gasteiger partial charge in [0.1, 0.15) is 5.82 Å². The molecule has 0 aliphatic carbocycles. The van der Waals surface area contributed by atoms with E-state index in [1.54, 1.807) is 0 Å². The highest BCUT2D eigenvalue weighted by molar-refractivity contribution is 5.33. The summed E-state index contributed by atoms with van der Waals surface area (Å²) in [6.45, 7) is 9.99. The molecule has 0 radical (unpaired) electrons. The summed E-state index contributed by atoms with van der Waals surface area (Å²) in [5.41, 5.74) is 6.60. The molecule has 0 aromatic carbocycles. The normalized spacial score (nSPS) is 13.6. The van der Waals surface area contributed by atoms with Crippen LogP contribution in [0.4, 0.5) is 5.82 Å². The molecule has 0 saturated heterocycles. The maximum atomic E-state index is 5.54. The highest BCUT2D eigenvalue weighted by Gasteiger charge is 2.15. The van der Waals surface area contributed by atoms with E-state index in [1.807, 2.05) is 12.1 Å². The van der Waals surface area contributed by atoms with Gasteiger partial charge in [-0.3, -0.25) is 0 Å². The monoisotopic (exact) mass is 222 g/mol. The van der Waals surface area contributed by atoms with E-state index in [0.29, 0.717) is 12.5 Å².